The van der Waals surface area contributed by atoms with Gasteiger partial charge in [0.05, 0.1) is 39.9 Å². The Morgan fingerprint density at radius 1 is 0.529 bits per heavy atom. The first-order chi connectivity index (χ1) is 33.0. The van der Waals surface area contributed by atoms with Crippen molar-refractivity contribution >= 4 is 13.7 Å². The number of aliphatic hydroxyl groups is 1. The molecular formula is C59H103N2O6P. The Kier molecular flexibility index (Phi) is 47.1. The summed E-state index contributed by atoms with van der Waals surface area (Å²) in [6, 6.07) is -0.809. The maximum Gasteiger partial charge on any atom is 0.268 e. The van der Waals surface area contributed by atoms with E-state index < -0.39 is 20.0 Å². The van der Waals surface area contributed by atoms with E-state index in [1.54, 1.807) is 0 Å². The molecule has 0 saturated heterocycles. The molecule has 0 spiro atoms. The van der Waals surface area contributed by atoms with E-state index >= 15 is 0 Å². The summed E-state index contributed by atoms with van der Waals surface area (Å²) in [7, 11) is 1.28. The lowest BCUT2D eigenvalue weighted by Gasteiger charge is -2.30. The molecule has 3 atom stereocenters. The third-order valence-electron chi connectivity index (χ3n) is 11.5. The van der Waals surface area contributed by atoms with Crippen molar-refractivity contribution in [1.29, 1.82) is 0 Å². The van der Waals surface area contributed by atoms with Crippen molar-refractivity contribution in [2.24, 2.45) is 0 Å². The summed E-state index contributed by atoms with van der Waals surface area (Å²) in [5, 5.41) is 13.9. The van der Waals surface area contributed by atoms with Crippen molar-refractivity contribution in [2.75, 3.05) is 40.9 Å². The molecule has 8 nitrogen and oxygen atoms in total. The Bertz CT molecular complexity index is 1470. The number of unbranched alkanes of at least 4 members (excludes halogenated alkanes) is 17. The van der Waals surface area contributed by atoms with E-state index in [4.69, 9.17) is 9.05 Å². The van der Waals surface area contributed by atoms with Crippen LogP contribution in [0, 0.1) is 0 Å². The lowest BCUT2D eigenvalue weighted by molar-refractivity contribution is -0.870. The molecule has 0 aliphatic heterocycles. The highest BCUT2D eigenvalue weighted by Crippen LogP contribution is 2.38. The molecule has 2 N–H and O–H groups in total. The van der Waals surface area contributed by atoms with Crippen LogP contribution in [0.1, 0.15) is 206 Å². The van der Waals surface area contributed by atoms with Gasteiger partial charge in [-0.2, -0.15) is 0 Å². The van der Waals surface area contributed by atoms with Crippen LogP contribution in [0.2, 0.25) is 0 Å². The number of carbonyl (C=O) groups is 1. The molecule has 0 fully saturated rings. The highest BCUT2D eigenvalue weighted by Gasteiger charge is 2.24. The summed E-state index contributed by atoms with van der Waals surface area (Å²) < 4.78 is 23.3. The maximum atomic E-state index is 12.9. The second-order valence-corrected chi connectivity index (χ2v) is 20.6. The van der Waals surface area contributed by atoms with Gasteiger partial charge >= 0.3 is 0 Å². The van der Waals surface area contributed by atoms with Crippen LogP contribution in [0.15, 0.2) is 109 Å². The molecular weight excluding hydrogens is 864 g/mol. The highest BCUT2D eigenvalue weighted by atomic mass is 31.2. The van der Waals surface area contributed by atoms with Gasteiger partial charge in [-0.15, -0.1) is 0 Å². The van der Waals surface area contributed by atoms with Gasteiger partial charge in [0, 0.05) is 6.42 Å². The van der Waals surface area contributed by atoms with Gasteiger partial charge in [-0.1, -0.05) is 226 Å². The number of hydrogen-bond donors (Lipinski definition) is 2. The lowest BCUT2D eigenvalue weighted by atomic mass is 10.0. The number of hydrogen-bond acceptors (Lipinski definition) is 6. The molecule has 0 aliphatic rings. The fourth-order valence-electron chi connectivity index (χ4n) is 7.27. The van der Waals surface area contributed by atoms with Crippen LogP contribution in [-0.2, 0) is 18.4 Å². The van der Waals surface area contributed by atoms with E-state index in [0.29, 0.717) is 23.9 Å². The van der Waals surface area contributed by atoms with Gasteiger partial charge in [-0.3, -0.25) is 9.36 Å². The zero-order chi connectivity index (χ0) is 49.9. The Labute approximate surface area is 419 Å². The summed E-state index contributed by atoms with van der Waals surface area (Å²) in [5.74, 6) is -0.179. The molecule has 0 radical (unpaired) electrons. The number of aliphatic hydroxyl groups excluding tert-OH is 1. The second kappa shape index (κ2) is 49.2. The number of phosphoric ester groups is 1. The third kappa shape index (κ3) is 51.0. The number of likely N-dealkylation sites (N-methyl/N-ethyl adjacent to an activating group) is 1. The predicted molar refractivity (Wildman–Crippen MR) is 292 cm³/mol. The molecule has 68 heavy (non-hydrogen) atoms. The molecule has 0 rings (SSSR count). The molecule has 0 bridgehead atoms. The first kappa shape index (κ1) is 65.2. The summed E-state index contributed by atoms with van der Waals surface area (Å²) in [5.41, 5.74) is 0. The zero-order valence-electron chi connectivity index (χ0n) is 44.3. The quantitative estimate of drug-likeness (QED) is 0.0272. The van der Waals surface area contributed by atoms with Gasteiger partial charge < -0.3 is 28.8 Å². The summed E-state index contributed by atoms with van der Waals surface area (Å²) in [6.07, 6.45) is 71.3. The molecule has 0 aromatic heterocycles. The minimum Gasteiger partial charge on any atom is -0.756 e. The lowest BCUT2D eigenvalue weighted by Crippen LogP contribution is -2.46. The normalized spacial score (nSPS) is 14.9. The fourth-order valence-corrected chi connectivity index (χ4v) is 7.99. The number of amides is 1. The Morgan fingerprint density at radius 3 is 1.31 bits per heavy atom. The molecule has 390 valence electrons. The molecule has 3 unspecified atom stereocenters. The first-order valence-corrected chi connectivity index (χ1v) is 28.7. The van der Waals surface area contributed by atoms with Crippen LogP contribution in [0.3, 0.4) is 0 Å². The van der Waals surface area contributed by atoms with E-state index in [-0.39, 0.29) is 19.1 Å². The van der Waals surface area contributed by atoms with E-state index in [2.05, 4.69) is 129 Å². The minimum absolute atomic E-state index is 0.00567. The predicted octanol–water partition coefficient (Wildman–Crippen LogP) is 15.8. The van der Waals surface area contributed by atoms with Crippen molar-refractivity contribution in [2.45, 2.75) is 219 Å². The number of rotatable bonds is 48. The van der Waals surface area contributed by atoms with Gasteiger partial charge in [0.1, 0.15) is 13.2 Å². The van der Waals surface area contributed by atoms with Crippen molar-refractivity contribution < 1.29 is 32.9 Å². The molecule has 0 heterocycles. The topological polar surface area (TPSA) is 108 Å². The van der Waals surface area contributed by atoms with Crippen LogP contribution in [0.25, 0.3) is 0 Å². The number of quaternary nitrogens is 1. The largest absolute Gasteiger partial charge is 0.756 e. The molecule has 0 aromatic rings. The van der Waals surface area contributed by atoms with E-state index in [1.165, 1.54) is 77.0 Å². The SMILES string of the molecule is CC/C=C\C/C=C\C/C=C\C/C=C\C/C=C\C/C=C\C/C=C\C/C=C\C/C=C\CCCCCCCCCCCC(=O)NC(COP(=O)([O-])OCC[N+](C)(C)C)C(O)CCCCCCCCCCC. The van der Waals surface area contributed by atoms with Crippen molar-refractivity contribution in [3.63, 3.8) is 0 Å². The van der Waals surface area contributed by atoms with Gasteiger partial charge in [0.25, 0.3) is 7.82 Å². The smallest absolute Gasteiger partial charge is 0.268 e. The molecule has 0 aliphatic carbocycles. The van der Waals surface area contributed by atoms with Crippen molar-refractivity contribution in [1.82, 2.24) is 5.32 Å². The molecule has 9 heteroatoms. The van der Waals surface area contributed by atoms with E-state index in [9.17, 15) is 19.4 Å². The van der Waals surface area contributed by atoms with Crippen LogP contribution in [0.4, 0.5) is 0 Å². The van der Waals surface area contributed by atoms with Gasteiger partial charge in [0.2, 0.25) is 5.91 Å². The number of carbonyl (C=O) groups excluding carboxylic acids is 1. The zero-order valence-corrected chi connectivity index (χ0v) is 45.2. The van der Waals surface area contributed by atoms with Crippen LogP contribution in [0.5, 0.6) is 0 Å². The third-order valence-corrected chi connectivity index (χ3v) is 12.5. The Morgan fingerprint density at radius 2 is 0.897 bits per heavy atom. The van der Waals surface area contributed by atoms with Gasteiger partial charge in [-0.05, 0) is 83.5 Å². The fraction of sp³-hybridized carbons (Fsp3) is 0.678. The van der Waals surface area contributed by atoms with Crippen molar-refractivity contribution in [3.8, 4) is 0 Å². The number of nitrogens with zero attached hydrogens (tertiary/aromatic N) is 1. The number of nitrogens with one attached hydrogen (secondary N) is 1. The Hall–Kier alpha value is -2.84. The van der Waals surface area contributed by atoms with Crippen LogP contribution < -0.4 is 10.2 Å². The van der Waals surface area contributed by atoms with E-state index in [0.717, 1.165) is 103 Å². The average Bonchev–Trinajstić information content (AvgIpc) is 3.30. The highest BCUT2D eigenvalue weighted by molar-refractivity contribution is 7.45. The summed E-state index contributed by atoms with van der Waals surface area (Å²) >= 11 is 0. The van der Waals surface area contributed by atoms with Gasteiger partial charge in [-0.25, -0.2) is 0 Å². The number of allylic oxidation sites excluding steroid dienone is 18. The average molecular weight is 967 g/mol. The summed E-state index contributed by atoms with van der Waals surface area (Å²) in [4.78, 5) is 25.4. The van der Waals surface area contributed by atoms with Gasteiger partial charge in [0.15, 0.2) is 0 Å². The first-order valence-electron chi connectivity index (χ1n) is 27.2. The molecule has 0 aromatic carbocycles. The summed E-state index contributed by atoms with van der Waals surface area (Å²) in [6.45, 7) is 4.56. The van der Waals surface area contributed by atoms with Crippen LogP contribution >= 0.6 is 7.82 Å². The standard InChI is InChI=1S/C59H103N2O6P/c1-6-8-10-12-14-16-17-18-19-20-21-22-23-24-25-26-27-28-29-30-31-32-33-34-35-36-37-38-39-40-41-42-43-45-47-49-51-53-59(63)60-57(56-67-68(64,65)66-55-54-61(3,4)5)58(62)52-50-48-46-44-15-13-11-9-7-2/h8,10,14,16,18-19,21-22,24-25,27-28,30-31,33-34,36-37,57-58,62H,6-7,9,11-13,15,17,20,23,26,29,32,35,38-56H2,1-5H3,(H-,60,63,64,65)/b10-8-,16-14-,19-18-,22-21-,25-24-,28-27-,31-30-,34-33-,37-36-. The minimum atomic E-state index is -4.57. The number of phosphoric acid groups is 1. The monoisotopic (exact) mass is 967 g/mol. The molecule has 0 saturated carbocycles. The second-order valence-electron chi connectivity index (χ2n) is 19.2. The van der Waals surface area contributed by atoms with E-state index in [1.807, 2.05) is 21.1 Å². The molecule has 1 amide bonds. The Balaban J connectivity index is 4.05. The maximum absolute atomic E-state index is 12.9. The van der Waals surface area contributed by atoms with Crippen molar-refractivity contribution in [3.05, 3.63) is 109 Å². The van der Waals surface area contributed by atoms with Crippen LogP contribution in [-0.4, -0.2) is 68.5 Å².